The van der Waals surface area contributed by atoms with Gasteiger partial charge in [0.1, 0.15) is 0 Å². The Balaban J connectivity index is 2.27. The SMILES string of the molecule is CCC(CO)CN(C)C1CCOCC1. The van der Waals surface area contributed by atoms with Gasteiger partial charge in [0.25, 0.3) is 0 Å². The molecule has 0 aromatic carbocycles. The van der Waals surface area contributed by atoms with Crippen molar-refractivity contribution in [1.82, 2.24) is 4.90 Å². The highest BCUT2D eigenvalue weighted by Crippen LogP contribution is 2.15. The van der Waals surface area contributed by atoms with E-state index in [0.717, 1.165) is 39.0 Å². The van der Waals surface area contributed by atoms with Crippen molar-refractivity contribution >= 4 is 0 Å². The minimum Gasteiger partial charge on any atom is -0.396 e. The summed E-state index contributed by atoms with van der Waals surface area (Å²) in [6, 6.07) is 0.657. The molecule has 1 unspecified atom stereocenters. The van der Waals surface area contributed by atoms with E-state index in [9.17, 15) is 0 Å². The minimum absolute atomic E-state index is 0.310. The molecule has 0 radical (unpaired) electrons. The van der Waals surface area contributed by atoms with Crippen LogP contribution in [0.2, 0.25) is 0 Å². The molecule has 1 heterocycles. The van der Waals surface area contributed by atoms with Crippen molar-refractivity contribution in [1.29, 1.82) is 0 Å². The highest BCUT2D eigenvalue weighted by atomic mass is 16.5. The van der Waals surface area contributed by atoms with Crippen LogP contribution in [0, 0.1) is 5.92 Å². The zero-order valence-corrected chi connectivity index (χ0v) is 9.41. The van der Waals surface area contributed by atoms with Crippen molar-refractivity contribution < 1.29 is 9.84 Å². The van der Waals surface area contributed by atoms with E-state index in [1.54, 1.807) is 0 Å². The first-order valence-corrected chi connectivity index (χ1v) is 5.66. The summed E-state index contributed by atoms with van der Waals surface area (Å²) in [7, 11) is 2.16. The third-order valence-electron chi connectivity index (χ3n) is 3.20. The van der Waals surface area contributed by atoms with Gasteiger partial charge in [0.05, 0.1) is 0 Å². The van der Waals surface area contributed by atoms with Gasteiger partial charge in [-0.25, -0.2) is 0 Å². The van der Waals surface area contributed by atoms with Crippen molar-refractivity contribution in [2.75, 3.05) is 33.4 Å². The Morgan fingerprint density at radius 2 is 2.07 bits per heavy atom. The van der Waals surface area contributed by atoms with Crippen LogP contribution in [0.25, 0.3) is 0 Å². The molecule has 0 bridgehead atoms. The average Bonchev–Trinajstić information content (AvgIpc) is 2.26. The van der Waals surface area contributed by atoms with Crippen LogP contribution in [-0.2, 0) is 4.74 Å². The standard InChI is InChI=1S/C11H23NO2/c1-3-10(9-13)8-12(2)11-4-6-14-7-5-11/h10-11,13H,3-9H2,1-2H3. The molecule has 0 spiro atoms. The van der Waals surface area contributed by atoms with Gasteiger partial charge in [0.2, 0.25) is 0 Å². The molecule has 1 fully saturated rings. The number of ether oxygens (including phenoxy) is 1. The van der Waals surface area contributed by atoms with Gasteiger partial charge >= 0.3 is 0 Å². The molecule has 1 aliphatic heterocycles. The lowest BCUT2D eigenvalue weighted by Gasteiger charge is -2.33. The molecule has 1 saturated heterocycles. The maximum absolute atomic E-state index is 9.12. The molecule has 1 N–H and O–H groups in total. The van der Waals surface area contributed by atoms with Crippen molar-refractivity contribution in [3.63, 3.8) is 0 Å². The third-order valence-corrected chi connectivity index (χ3v) is 3.20. The lowest BCUT2D eigenvalue weighted by Crippen LogP contribution is -2.39. The zero-order chi connectivity index (χ0) is 10.4. The van der Waals surface area contributed by atoms with Gasteiger partial charge in [-0.3, -0.25) is 0 Å². The maximum atomic E-state index is 9.12. The van der Waals surface area contributed by atoms with E-state index in [-0.39, 0.29) is 0 Å². The second kappa shape index (κ2) is 6.38. The van der Waals surface area contributed by atoms with Crippen molar-refractivity contribution in [2.45, 2.75) is 32.2 Å². The highest BCUT2D eigenvalue weighted by Gasteiger charge is 2.20. The summed E-state index contributed by atoms with van der Waals surface area (Å²) in [5, 5.41) is 9.12. The molecule has 3 heteroatoms. The lowest BCUT2D eigenvalue weighted by atomic mass is 10.0. The van der Waals surface area contributed by atoms with Gasteiger partial charge in [0, 0.05) is 32.4 Å². The second-order valence-corrected chi connectivity index (χ2v) is 4.24. The summed E-state index contributed by atoms with van der Waals surface area (Å²) in [4.78, 5) is 2.38. The van der Waals surface area contributed by atoms with E-state index in [4.69, 9.17) is 9.84 Å². The van der Waals surface area contributed by atoms with Crippen LogP contribution >= 0.6 is 0 Å². The lowest BCUT2D eigenvalue weighted by molar-refractivity contribution is 0.0343. The summed E-state index contributed by atoms with van der Waals surface area (Å²) >= 11 is 0. The average molecular weight is 201 g/mol. The smallest absolute Gasteiger partial charge is 0.0480 e. The summed E-state index contributed by atoms with van der Waals surface area (Å²) in [5.74, 6) is 0.433. The fraction of sp³-hybridized carbons (Fsp3) is 1.00. The van der Waals surface area contributed by atoms with Crippen LogP contribution in [0.5, 0.6) is 0 Å². The molecule has 1 aliphatic rings. The molecule has 0 saturated carbocycles. The summed E-state index contributed by atoms with van der Waals surface area (Å²) in [6.07, 6.45) is 3.33. The summed E-state index contributed by atoms with van der Waals surface area (Å²) in [5.41, 5.74) is 0. The molecular weight excluding hydrogens is 178 g/mol. The molecule has 1 atom stereocenters. The van der Waals surface area contributed by atoms with Gasteiger partial charge in [-0.15, -0.1) is 0 Å². The Morgan fingerprint density at radius 3 is 2.57 bits per heavy atom. The summed E-state index contributed by atoms with van der Waals surface area (Å²) < 4.78 is 5.33. The van der Waals surface area contributed by atoms with Crippen molar-refractivity contribution in [3.05, 3.63) is 0 Å². The quantitative estimate of drug-likeness (QED) is 0.723. The molecular formula is C11H23NO2. The van der Waals surface area contributed by atoms with Crippen LogP contribution in [0.1, 0.15) is 26.2 Å². The van der Waals surface area contributed by atoms with E-state index in [1.807, 2.05) is 0 Å². The van der Waals surface area contributed by atoms with Crippen LogP contribution < -0.4 is 0 Å². The monoisotopic (exact) mass is 201 g/mol. The number of nitrogens with zero attached hydrogens (tertiary/aromatic N) is 1. The molecule has 3 nitrogen and oxygen atoms in total. The Bertz CT molecular complexity index is 142. The van der Waals surface area contributed by atoms with E-state index < -0.39 is 0 Å². The molecule has 14 heavy (non-hydrogen) atoms. The Labute approximate surface area is 87.1 Å². The van der Waals surface area contributed by atoms with Crippen LogP contribution in [-0.4, -0.2) is 49.5 Å². The van der Waals surface area contributed by atoms with Crippen molar-refractivity contribution in [2.24, 2.45) is 5.92 Å². The van der Waals surface area contributed by atoms with Crippen LogP contribution in [0.4, 0.5) is 0 Å². The van der Waals surface area contributed by atoms with Gasteiger partial charge in [0.15, 0.2) is 0 Å². The number of rotatable bonds is 5. The highest BCUT2D eigenvalue weighted by molar-refractivity contribution is 4.73. The predicted molar refractivity (Wildman–Crippen MR) is 57.3 cm³/mol. The number of aliphatic hydroxyl groups is 1. The predicted octanol–water partition coefficient (Wildman–Crippen LogP) is 1.12. The maximum Gasteiger partial charge on any atom is 0.0480 e. The Morgan fingerprint density at radius 1 is 1.43 bits per heavy atom. The first-order chi connectivity index (χ1) is 6.77. The zero-order valence-electron chi connectivity index (χ0n) is 9.41. The van der Waals surface area contributed by atoms with Gasteiger partial charge in [-0.2, -0.15) is 0 Å². The second-order valence-electron chi connectivity index (χ2n) is 4.24. The van der Waals surface area contributed by atoms with Gasteiger partial charge in [-0.1, -0.05) is 6.92 Å². The topological polar surface area (TPSA) is 32.7 Å². The third kappa shape index (κ3) is 3.56. The Hall–Kier alpha value is -0.120. The normalized spacial score (nSPS) is 21.4. The largest absolute Gasteiger partial charge is 0.396 e. The first-order valence-electron chi connectivity index (χ1n) is 5.66. The van der Waals surface area contributed by atoms with E-state index in [0.29, 0.717) is 18.6 Å². The molecule has 0 aliphatic carbocycles. The molecule has 0 aromatic heterocycles. The number of aliphatic hydroxyl groups excluding tert-OH is 1. The minimum atomic E-state index is 0.310. The van der Waals surface area contributed by atoms with E-state index >= 15 is 0 Å². The van der Waals surface area contributed by atoms with Gasteiger partial charge < -0.3 is 14.7 Å². The molecule has 1 rings (SSSR count). The van der Waals surface area contributed by atoms with E-state index in [2.05, 4.69) is 18.9 Å². The van der Waals surface area contributed by atoms with Crippen molar-refractivity contribution in [3.8, 4) is 0 Å². The van der Waals surface area contributed by atoms with Gasteiger partial charge in [-0.05, 0) is 32.2 Å². The number of hydrogen-bond donors (Lipinski definition) is 1. The Kier molecular flexibility index (Phi) is 5.45. The van der Waals surface area contributed by atoms with Crippen LogP contribution in [0.3, 0.4) is 0 Å². The fourth-order valence-corrected chi connectivity index (χ4v) is 2.00. The van der Waals surface area contributed by atoms with Crippen LogP contribution in [0.15, 0.2) is 0 Å². The van der Waals surface area contributed by atoms with E-state index in [1.165, 1.54) is 0 Å². The number of hydrogen-bond acceptors (Lipinski definition) is 3. The first kappa shape index (κ1) is 12.0. The fourth-order valence-electron chi connectivity index (χ4n) is 2.00. The molecule has 84 valence electrons. The molecule has 0 amide bonds. The summed E-state index contributed by atoms with van der Waals surface area (Å²) in [6.45, 7) is 5.25. The molecule has 0 aromatic rings.